The third-order valence-electron chi connectivity index (χ3n) is 3.59. The Labute approximate surface area is 125 Å². The summed E-state index contributed by atoms with van der Waals surface area (Å²) in [5, 5.41) is 7.17. The summed E-state index contributed by atoms with van der Waals surface area (Å²) >= 11 is 2.89. The molecule has 1 saturated heterocycles. The molecule has 5 nitrogen and oxygen atoms in total. The van der Waals surface area contributed by atoms with E-state index in [1.165, 1.54) is 11.5 Å². The normalized spacial score (nSPS) is 19.2. The number of carbonyl (C=O) groups is 1. The minimum atomic E-state index is 0.0816. The highest BCUT2D eigenvalue weighted by atomic mass is 32.1. The SMILES string of the molecule is CCc1nnsc1C(=O)N1CCCC(c2nccs2)C1. The minimum Gasteiger partial charge on any atom is -0.337 e. The van der Waals surface area contributed by atoms with E-state index in [1.54, 1.807) is 11.3 Å². The number of thiazole rings is 1. The van der Waals surface area contributed by atoms with E-state index in [0.29, 0.717) is 10.8 Å². The number of aromatic nitrogens is 3. The van der Waals surface area contributed by atoms with Gasteiger partial charge in [0, 0.05) is 30.6 Å². The first-order valence-corrected chi connectivity index (χ1v) is 8.44. The highest BCUT2D eigenvalue weighted by molar-refractivity contribution is 7.09. The fourth-order valence-electron chi connectivity index (χ4n) is 2.55. The van der Waals surface area contributed by atoms with Crippen LogP contribution < -0.4 is 0 Å². The van der Waals surface area contributed by atoms with Gasteiger partial charge < -0.3 is 4.90 Å². The Bertz CT molecular complexity index is 581. The number of nitrogens with zero attached hydrogens (tertiary/aromatic N) is 4. The number of piperidine rings is 1. The summed E-state index contributed by atoms with van der Waals surface area (Å²) in [5.41, 5.74) is 0.816. The summed E-state index contributed by atoms with van der Waals surface area (Å²) in [4.78, 5) is 19.6. The highest BCUT2D eigenvalue weighted by Gasteiger charge is 2.29. The van der Waals surface area contributed by atoms with Gasteiger partial charge in [-0.2, -0.15) is 0 Å². The van der Waals surface area contributed by atoms with Crippen molar-refractivity contribution in [3.05, 3.63) is 27.2 Å². The number of likely N-dealkylation sites (tertiary alicyclic amines) is 1. The number of carbonyl (C=O) groups excluding carboxylic acids is 1. The van der Waals surface area contributed by atoms with E-state index in [1.807, 2.05) is 23.4 Å². The fourth-order valence-corrected chi connectivity index (χ4v) is 4.03. The van der Waals surface area contributed by atoms with Gasteiger partial charge in [0.15, 0.2) is 0 Å². The molecule has 1 aliphatic rings. The molecule has 1 fully saturated rings. The first-order valence-electron chi connectivity index (χ1n) is 6.79. The second-order valence-corrected chi connectivity index (χ2v) is 6.54. The van der Waals surface area contributed by atoms with Crippen LogP contribution in [0.1, 0.15) is 46.1 Å². The lowest BCUT2D eigenvalue weighted by atomic mass is 9.98. The molecule has 1 aliphatic heterocycles. The fraction of sp³-hybridized carbons (Fsp3) is 0.538. The Balaban J connectivity index is 1.75. The van der Waals surface area contributed by atoms with Crippen molar-refractivity contribution in [3.63, 3.8) is 0 Å². The second kappa shape index (κ2) is 5.97. The van der Waals surface area contributed by atoms with Gasteiger partial charge >= 0.3 is 0 Å². The summed E-state index contributed by atoms with van der Waals surface area (Å²) in [6.45, 7) is 3.58. The van der Waals surface area contributed by atoms with Crippen LogP contribution in [0.15, 0.2) is 11.6 Å². The lowest BCUT2D eigenvalue weighted by Gasteiger charge is -2.31. The maximum Gasteiger partial charge on any atom is 0.267 e. The monoisotopic (exact) mass is 308 g/mol. The summed E-state index contributed by atoms with van der Waals surface area (Å²) in [6, 6.07) is 0. The van der Waals surface area contributed by atoms with Crippen molar-refractivity contribution in [2.24, 2.45) is 0 Å². The van der Waals surface area contributed by atoms with Crippen molar-refractivity contribution in [2.45, 2.75) is 32.1 Å². The molecular weight excluding hydrogens is 292 g/mol. The van der Waals surface area contributed by atoms with E-state index < -0.39 is 0 Å². The molecular formula is C13H16N4OS2. The van der Waals surface area contributed by atoms with Crippen molar-refractivity contribution in [1.82, 2.24) is 19.5 Å². The van der Waals surface area contributed by atoms with E-state index in [4.69, 9.17) is 0 Å². The third kappa shape index (κ3) is 2.60. The predicted octanol–water partition coefficient (Wildman–Crippen LogP) is 2.58. The number of amides is 1. The topological polar surface area (TPSA) is 59.0 Å². The molecule has 2 aromatic rings. The summed E-state index contributed by atoms with van der Waals surface area (Å²) in [5.74, 6) is 0.455. The van der Waals surface area contributed by atoms with Crippen molar-refractivity contribution in [3.8, 4) is 0 Å². The number of hydrogen-bond acceptors (Lipinski definition) is 6. The molecule has 1 atom stereocenters. The van der Waals surface area contributed by atoms with Gasteiger partial charge in [-0.05, 0) is 30.8 Å². The van der Waals surface area contributed by atoms with Gasteiger partial charge in [-0.25, -0.2) is 4.98 Å². The average Bonchev–Trinajstić information content (AvgIpc) is 3.17. The Kier molecular flexibility index (Phi) is 4.07. The molecule has 1 unspecified atom stereocenters. The third-order valence-corrected chi connectivity index (χ3v) is 5.29. The zero-order valence-electron chi connectivity index (χ0n) is 11.3. The molecule has 2 aromatic heterocycles. The maximum absolute atomic E-state index is 12.6. The molecule has 1 amide bonds. The zero-order chi connectivity index (χ0) is 13.9. The molecule has 0 aromatic carbocycles. The van der Waals surface area contributed by atoms with Gasteiger partial charge in [0.25, 0.3) is 5.91 Å². The van der Waals surface area contributed by atoms with E-state index >= 15 is 0 Å². The van der Waals surface area contributed by atoms with Crippen LogP contribution in [0.5, 0.6) is 0 Å². The van der Waals surface area contributed by atoms with Crippen molar-refractivity contribution < 1.29 is 4.79 Å². The van der Waals surface area contributed by atoms with Crippen LogP contribution in [0.25, 0.3) is 0 Å². The highest BCUT2D eigenvalue weighted by Crippen LogP contribution is 2.29. The molecule has 0 radical (unpaired) electrons. The van der Waals surface area contributed by atoms with E-state index in [0.717, 1.165) is 43.1 Å². The second-order valence-electron chi connectivity index (χ2n) is 4.86. The number of aryl methyl sites for hydroxylation is 1. The Morgan fingerprint density at radius 3 is 3.20 bits per heavy atom. The van der Waals surface area contributed by atoms with Crippen LogP contribution in [0.3, 0.4) is 0 Å². The number of rotatable bonds is 3. The largest absolute Gasteiger partial charge is 0.337 e. The zero-order valence-corrected chi connectivity index (χ0v) is 12.9. The van der Waals surface area contributed by atoms with E-state index in [2.05, 4.69) is 14.6 Å². The van der Waals surface area contributed by atoms with Crippen molar-refractivity contribution in [2.75, 3.05) is 13.1 Å². The van der Waals surface area contributed by atoms with E-state index in [9.17, 15) is 4.79 Å². The van der Waals surface area contributed by atoms with Gasteiger partial charge in [0.2, 0.25) is 0 Å². The molecule has 0 aliphatic carbocycles. The summed E-state index contributed by atoms with van der Waals surface area (Å²) in [7, 11) is 0. The molecule has 0 N–H and O–H groups in total. The molecule has 20 heavy (non-hydrogen) atoms. The van der Waals surface area contributed by atoms with Gasteiger partial charge in [0.05, 0.1) is 10.7 Å². The first kappa shape index (κ1) is 13.6. The van der Waals surface area contributed by atoms with Gasteiger partial charge in [0.1, 0.15) is 4.88 Å². The predicted molar refractivity (Wildman–Crippen MR) is 79.3 cm³/mol. The molecule has 0 spiro atoms. The van der Waals surface area contributed by atoms with Gasteiger partial charge in [-0.3, -0.25) is 4.79 Å². The number of hydrogen-bond donors (Lipinski definition) is 0. The first-order chi connectivity index (χ1) is 9.79. The minimum absolute atomic E-state index is 0.0816. The van der Waals surface area contributed by atoms with Crippen LogP contribution in [-0.2, 0) is 6.42 Å². The van der Waals surface area contributed by atoms with Crippen LogP contribution in [0, 0.1) is 0 Å². The molecule has 3 rings (SSSR count). The maximum atomic E-state index is 12.6. The smallest absolute Gasteiger partial charge is 0.267 e. The lowest BCUT2D eigenvalue weighted by molar-refractivity contribution is 0.0710. The molecule has 0 bridgehead atoms. The Hall–Kier alpha value is -1.34. The van der Waals surface area contributed by atoms with Crippen LogP contribution in [-0.4, -0.2) is 38.5 Å². The van der Waals surface area contributed by atoms with Crippen LogP contribution in [0.2, 0.25) is 0 Å². The average molecular weight is 308 g/mol. The van der Waals surface area contributed by atoms with Crippen molar-refractivity contribution >= 4 is 28.8 Å². The quantitative estimate of drug-likeness (QED) is 0.874. The van der Waals surface area contributed by atoms with Crippen molar-refractivity contribution in [1.29, 1.82) is 0 Å². The van der Waals surface area contributed by atoms with E-state index in [-0.39, 0.29) is 5.91 Å². The standard InChI is InChI=1S/C13H16N4OS2/c1-2-10-11(20-16-15-10)13(18)17-6-3-4-9(8-17)12-14-5-7-19-12/h5,7,9H,2-4,6,8H2,1H3. The van der Waals surface area contributed by atoms with Crippen LogP contribution >= 0.6 is 22.9 Å². The lowest BCUT2D eigenvalue weighted by Crippen LogP contribution is -2.39. The van der Waals surface area contributed by atoms with Gasteiger partial charge in [-0.15, -0.1) is 16.4 Å². The molecule has 3 heterocycles. The molecule has 7 heteroatoms. The molecule has 0 saturated carbocycles. The summed E-state index contributed by atoms with van der Waals surface area (Å²) in [6.07, 6.45) is 4.73. The Morgan fingerprint density at radius 2 is 2.45 bits per heavy atom. The van der Waals surface area contributed by atoms with Gasteiger partial charge in [-0.1, -0.05) is 11.4 Å². The molecule has 106 valence electrons. The summed E-state index contributed by atoms with van der Waals surface area (Å²) < 4.78 is 3.91. The van der Waals surface area contributed by atoms with Crippen LogP contribution in [0.4, 0.5) is 0 Å². The Morgan fingerprint density at radius 1 is 1.55 bits per heavy atom.